The zero-order valence-electron chi connectivity index (χ0n) is 8.62. The summed E-state index contributed by atoms with van der Waals surface area (Å²) >= 11 is 0. The lowest BCUT2D eigenvalue weighted by Crippen LogP contribution is -1.90. The molecule has 0 saturated carbocycles. The highest BCUT2D eigenvalue weighted by Crippen LogP contribution is 2.31. The molecule has 1 aromatic heterocycles. The summed E-state index contributed by atoms with van der Waals surface area (Å²) in [5.74, 6) is 0. The Hall–Kier alpha value is -1.70. The Labute approximate surface area is 87.4 Å². The van der Waals surface area contributed by atoms with Crippen LogP contribution >= 0.6 is 0 Å². The summed E-state index contributed by atoms with van der Waals surface area (Å²) in [6.07, 6.45) is 2.15. The van der Waals surface area contributed by atoms with Crippen LogP contribution < -0.4 is 0 Å². The van der Waals surface area contributed by atoms with E-state index in [0.717, 1.165) is 24.0 Å². The van der Waals surface area contributed by atoms with Gasteiger partial charge in [0.05, 0.1) is 0 Å². The summed E-state index contributed by atoms with van der Waals surface area (Å²) in [4.78, 5) is 0. The van der Waals surface area contributed by atoms with Gasteiger partial charge in [0.1, 0.15) is 0 Å². The Balaban J connectivity index is 2.40. The number of hydrogen-bond donors (Lipinski definition) is 0. The van der Waals surface area contributed by atoms with Gasteiger partial charge in [-0.3, -0.25) is 9.15 Å². The van der Waals surface area contributed by atoms with Crippen LogP contribution in [0.4, 0.5) is 0 Å². The van der Waals surface area contributed by atoms with E-state index in [9.17, 15) is 0 Å². The van der Waals surface area contributed by atoms with Crippen LogP contribution in [0.3, 0.4) is 0 Å². The molecule has 0 N–H and O–H groups in total. The van der Waals surface area contributed by atoms with Gasteiger partial charge in [0, 0.05) is 5.56 Å². The molecule has 2 heteroatoms. The minimum atomic E-state index is 0.872. The molecule has 0 aliphatic rings. The summed E-state index contributed by atoms with van der Waals surface area (Å²) in [5, 5.41) is 2.50. The van der Waals surface area contributed by atoms with Gasteiger partial charge in [-0.25, -0.2) is 0 Å². The normalized spacial score (nSPS) is 11.5. The maximum Gasteiger partial charge on any atom is 0.229 e. The van der Waals surface area contributed by atoms with Gasteiger partial charge in [-0.2, -0.15) is 0 Å². The number of aryl methyl sites for hydroxylation is 1. The molecule has 0 radical (unpaired) electrons. The smallest absolute Gasteiger partial charge is 0.229 e. The van der Waals surface area contributed by atoms with E-state index in [1.165, 1.54) is 16.3 Å². The van der Waals surface area contributed by atoms with Gasteiger partial charge in [-0.05, 0) is 23.3 Å². The topological polar surface area (TPSA) is 26.3 Å². The highest BCUT2D eigenvalue weighted by molar-refractivity contribution is 5.97. The summed E-state index contributed by atoms with van der Waals surface area (Å²) < 4.78 is 10.0. The van der Waals surface area contributed by atoms with Crippen molar-refractivity contribution in [2.24, 2.45) is 0 Å². The molecule has 0 amide bonds. The predicted octanol–water partition coefficient (Wildman–Crippen LogP) is 4.13. The molecule has 3 aromatic rings. The molecule has 3 rings (SSSR count). The highest BCUT2D eigenvalue weighted by Gasteiger charge is 2.14. The Kier molecular flexibility index (Phi) is 1.81. The number of rotatable bonds is 2. The van der Waals surface area contributed by atoms with E-state index in [4.69, 9.17) is 9.15 Å². The lowest BCUT2D eigenvalue weighted by molar-refractivity contribution is 0.0583. The Morgan fingerprint density at radius 1 is 1.13 bits per heavy atom. The van der Waals surface area contributed by atoms with Crippen molar-refractivity contribution in [1.29, 1.82) is 0 Å². The van der Waals surface area contributed by atoms with Crippen molar-refractivity contribution in [2.45, 2.75) is 19.8 Å². The van der Waals surface area contributed by atoms with Crippen LogP contribution in [0.1, 0.15) is 18.9 Å². The Bertz CT molecular complexity index is 601. The van der Waals surface area contributed by atoms with E-state index >= 15 is 0 Å². The lowest BCUT2D eigenvalue weighted by atomic mass is 10.00. The third kappa shape index (κ3) is 1.18. The molecular weight excluding hydrogens is 188 g/mol. The van der Waals surface area contributed by atoms with Crippen molar-refractivity contribution in [2.75, 3.05) is 0 Å². The fourth-order valence-corrected chi connectivity index (χ4v) is 2.08. The van der Waals surface area contributed by atoms with Gasteiger partial charge < -0.3 is 0 Å². The predicted molar refractivity (Wildman–Crippen MR) is 60.0 cm³/mol. The average Bonchev–Trinajstić information content (AvgIpc) is 2.23. The second-order valence-corrected chi connectivity index (χ2v) is 3.82. The van der Waals surface area contributed by atoms with Gasteiger partial charge >= 0.3 is 0 Å². The first-order chi connectivity index (χ1) is 7.40. The van der Waals surface area contributed by atoms with Crippen LogP contribution in [0.15, 0.2) is 39.5 Å². The molecule has 1 heterocycles. The van der Waals surface area contributed by atoms with Gasteiger partial charge in [0.25, 0.3) is 0 Å². The monoisotopic (exact) mass is 200 g/mol. The highest BCUT2D eigenvalue weighted by atomic mass is 17.0. The van der Waals surface area contributed by atoms with E-state index in [-0.39, 0.29) is 0 Å². The molecule has 0 saturated heterocycles. The number of hydrogen-bond acceptors (Lipinski definition) is 2. The SMILES string of the molecule is CCCc1c2ccccc2cc2ooc12. The quantitative estimate of drug-likeness (QED) is 0.581. The van der Waals surface area contributed by atoms with Gasteiger partial charge in [0.2, 0.25) is 11.2 Å². The minimum Gasteiger partial charge on any atom is -0.286 e. The van der Waals surface area contributed by atoms with Gasteiger partial charge in [-0.15, -0.1) is 0 Å². The second kappa shape index (κ2) is 3.16. The van der Waals surface area contributed by atoms with Crippen molar-refractivity contribution in [3.05, 3.63) is 35.9 Å². The molecule has 76 valence electrons. The first-order valence-corrected chi connectivity index (χ1v) is 5.29. The van der Waals surface area contributed by atoms with Crippen LogP contribution in [0.5, 0.6) is 0 Å². The van der Waals surface area contributed by atoms with E-state index in [0.29, 0.717) is 0 Å². The van der Waals surface area contributed by atoms with E-state index in [1.807, 2.05) is 12.1 Å². The average molecular weight is 200 g/mol. The van der Waals surface area contributed by atoms with Crippen molar-refractivity contribution in [3.63, 3.8) is 0 Å². The van der Waals surface area contributed by atoms with Crippen LogP contribution in [0, 0.1) is 0 Å². The molecule has 0 unspecified atom stereocenters. The standard InChI is InChI=1S/C13H12O2/c1-2-5-11-10-7-4-3-6-9(10)8-12-13(11)15-14-12/h3-4,6-8H,2,5H2,1H3. The third-order valence-corrected chi connectivity index (χ3v) is 2.79. The second-order valence-electron chi connectivity index (χ2n) is 3.82. The summed E-state index contributed by atoms with van der Waals surface area (Å²) in [6, 6.07) is 10.4. The van der Waals surface area contributed by atoms with Gasteiger partial charge in [0.15, 0.2) is 0 Å². The molecule has 0 aliphatic heterocycles. The largest absolute Gasteiger partial charge is 0.286 e. The molecule has 2 nitrogen and oxygen atoms in total. The number of benzene rings is 2. The molecule has 0 spiro atoms. The molecular formula is C13H12O2. The summed E-state index contributed by atoms with van der Waals surface area (Å²) in [7, 11) is 0. The zero-order valence-corrected chi connectivity index (χ0v) is 8.62. The zero-order chi connectivity index (χ0) is 10.3. The van der Waals surface area contributed by atoms with E-state index < -0.39 is 0 Å². The fourth-order valence-electron chi connectivity index (χ4n) is 2.08. The fraction of sp³-hybridized carbons (Fsp3) is 0.231. The summed E-state index contributed by atoms with van der Waals surface area (Å²) in [5.41, 5.74) is 3.07. The van der Waals surface area contributed by atoms with Crippen LogP contribution in [-0.2, 0) is 6.42 Å². The lowest BCUT2D eigenvalue weighted by Gasteiger charge is -2.08. The van der Waals surface area contributed by atoms with Crippen molar-refractivity contribution < 1.29 is 9.15 Å². The maximum absolute atomic E-state index is 5.07. The van der Waals surface area contributed by atoms with Crippen LogP contribution in [0.2, 0.25) is 0 Å². The molecule has 0 fully saturated rings. The van der Waals surface area contributed by atoms with Gasteiger partial charge in [-0.1, -0.05) is 37.6 Å². The minimum absolute atomic E-state index is 0.872. The summed E-state index contributed by atoms with van der Waals surface area (Å²) in [6.45, 7) is 2.17. The molecule has 0 aliphatic carbocycles. The number of fused-ring (bicyclic) bond motifs is 2. The third-order valence-electron chi connectivity index (χ3n) is 2.79. The van der Waals surface area contributed by atoms with Crippen LogP contribution in [-0.4, -0.2) is 0 Å². The van der Waals surface area contributed by atoms with E-state index in [1.54, 1.807) is 0 Å². The molecule has 0 atom stereocenters. The maximum atomic E-state index is 5.07. The molecule has 2 aromatic carbocycles. The first kappa shape index (κ1) is 8.60. The molecule has 0 bridgehead atoms. The Morgan fingerprint density at radius 2 is 2.00 bits per heavy atom. The first-order valence-electron chi connectivity index (χ1n) is 5.29. The van der Waals surface area contributed by atoms with Crippen molar-refractivity contribution >= 4 is 21.9 Å². The van der Waals surface area contributed by atoms with Crippen LogP contribution in [0.25, 0.3) is 21.9 Å². The van der Waals surface area contributed by atoms with Crippen molar-refractivity contribution in [1.82, 2.24) is 0 Å². The Morgan fingerprint density at radius 3 is 2.73 bits per heavy atom. The van der Waals surface area contributed by atoms with Crippen molar-refractivity contribution in [3.8, 4) is 0 Å². The molecule has 15 heavy (non-hydrogen) atoms. The van der Waals surface area contributed by atoms with E-state index in [2.05, 4.69) is 25.1 Å².